The molecule has 0 rings (SSSR count). The Morgan fingerprint density at radius 3 is 0.825 bits per heavy atom. The van der Waals surface area contributed by atoms with Crippen LogP contribution in [0.4, 0.5) is 0 Å². The molecule has 0 aliphatic carbocycles. The average Bonchev–Trinajstić information content (AvgIpc) is 1.16. The summed E-state index contributed by atoms with van der Waals surface area (Å²) in [7, 11) is 5.97. The van der Waals surface area contributed by atoms with Gasteiger partial charge in [-0.2, -0.15) is 0 Å². The number of carboxylic acids is 1. The molecule has 103 heavy (non-hydrogen) atoms. The van der Waals surface area contributed by atoms with Crippen molar-refractivity contribution in [3.8, 4) is 0 Å². The minimum atomic E-state index is -1.53. The fourth-order valence-electron chi connectivity index (χ4n) is 12.4. The van der Waals surface area contributed by atoms with E-state index in [-0.39, 0.29) is 32.2 Å². The molecule has 0 aromatic carbocycles. The zero-order valence-corrected chi connectivity index (χ0v) is 67.9. The largest absolute Gasteiger partial charge is 0.477 e. The molecule has 592 valence electrons. The van der Waals surface area contributed by atoms with E-state index >= 15 is 0 Å². The average molecular weight is 1440 g/mol. The first kappa shape index (κ1) is 98.4. The highest BCUT2D eigenvalue weighted by molar-refractivity contribution is 5.71. The van der Waals surface area contributed by atoms with Crippen molar-refractivity contribution >= 4 is 17.9 Å². The van der Waals surface area contributed by atoms with Crippen LogP contribution in [0.3, 0.4) is 0 Å². The van der Waals surface area contributed by atoms with E-state index in [4.69, 9.17) is 18.9 Å². The monoisotopic (exact) mass is 1440 g/mol. The van der Waals surface area contributed by atoms with Crippen molar-refractivity contribution in [3.05, 3.63) is 134 Å². The molecule has 0 saturated carbocycles. The number of quaternary nitrogens is 1. The van der Waals surface area contributed by atoms with Crippen LogP contribution in [-0.2, 0) is 33.3 Å². The van der Waals surface area contributed by atoms with E-state index in [0.29, 0.717) is 23.9 Å². The number of esters is 2. The smallest absolute Gasteiger partial charge is 0.361 e. The summed E-state index contributed by atoms with van der Waals surface area (Å²) < 4.78 is 23.0. The van der Waals surface area contributed by atoms with Gasteiger partial charge in [-0.15, -0.1) is 0 Å². The zero-order chi connectivity index (χ0) is 74.6. The topological polar surface area (TPSA) is 108 Å². The van der Waals surface area contributed by atoms with Gasteiger partial charge in [0.05, 0.1) is 34.4 Å². The van der Waals surface area contributed by atoms with Crippen LogP contribution in [0.15, 0.2) is 134 Å². The third-order valence-corrected chi connectivity index (χ3v) is 18.9. The summed E-state index contributed by atoms with van der Waals surface area (Å²) >= 11 is 0. The lowest BCUT2D eigenvalue weighted by Crippen LogP contribution is -2.40. The van der Waals surface area contributed by atoms with Crippen molar-refractivity contribution in [3.63, 3.8) is 0 Å². The third kappa shape index (κ3) is 84.6. The maximum absolute atomic E-state index is 13.0. The van der Waals surface area contributed by atoms with Gasteiger partial charge in [-0.1, -0.05) is 411 Å². The first-order valence-electron chi connectivity index (χ1n) is 43.3. The Morgan fingerprint density at radius 2 is 0.553 bits per heavy atom. The van der Waals surface area contributed by atoms with Gasteiger partial charge < -0.3 is 28.5 Å². The van der Waals surface area contributed by atoms with Gasteiger partial charge in [-0.25, -0.2) is 4.79 Å². The highest BCUT2D eigenvalue weighted by atomic mass is 16.7. The van der Waals surface area contributed by atoms with Crippen LogP contribution in [-0.4, -0.2) is 87.4 Å². The van der Waals surface area contributed by atoms with Crippen LogP contribution in [0.25, 0.3) is 0 Å². The first-order chi connectivity index (χ1) is 50.6. The molecule has 9 nitrogen and oxygen atoms in total. The standard InChI is InChI=1S/C94H163NO8/c1-6-8-10-12-14-16-18-20-22-24-26-28-30-32-34-36-38-40-42-44-45-46-47-49-50-52-54-56-58-60-62-64-66-68-70-72-74-76-78-80-82-84-91(96)101-88-90(89-102-94(93(98)99)100-87-86-95(3,4)5)103-92(97)85-83-81-79-77-75-73-71-69-67-65-63-61-59-57-55-53-51-48-43-41-39-37-35-33-31-29-27-25-23-21-19-17-15-13-11-9-7-2/h9,11,15,17,21,23,27,29,33,35,39,41,48,51,55,57,61,63,67,69,73,75,90,94H,6-8,10,12-14,16,18-20,22,24-26,28,30-32,34,36-38,40,42-47,49-50,52-54,56,58-60,62,64-66,68,70-72,74,76-89H2,1-5H3/p+1/b11-9-,17-15-,23-21-,29-27-,35-33-,41-39-,51-48-,57-55-,63-61-,69-67-,75-73-. The van der Waals surface area contributed by atoms with Gasteiger partial charge in [0, 0.05) is 12.8 Å². The number of nitrogens with zero attached hydrogens (tertiary/aromatic N) is 1. The number of ether oxygens (including phenoxy) is 4. The zero-order valence-electron chi connectivity index (χ0n) is 67.9. The fraction of sp³-hybridized carbons (Fsp3) is 0.734. The number of carbonyl (C=O) groups is 3. The number of rotatable bonds is 80. The molecular weight excluding hydrogens is 1270 g/mol. The van der Waals surface area contributed by atoms with Crippen molar-refractivity contribution < 1.29 is 42.9 Å². The van der Waals surface area contributed by atoms with Gasteiger partial charge in [-0.05, 0) is 96.3 Å². The molecule has 0 saturated heterocycles. The number of allylic oxidation sites excluding steroid dienone is 22. The summed E-state index contributed by atoms with van der Waals surface area (Å²) in [5, 5.41) is 9.78. The Morgan fingerprint density at radius 1 is 0.301 bits per heavy atom. The molecule has 0 aliphatic rings. The Kier molecular flexibility index (Phi) is 79.4. The second-order valence-electron chi connectivity index (χ2n) is 30.1. The van der Waals surface area contributed by atoms with Crippen molar-refractivity contribution in [2.24, 2.45) is 0 Å². The van der Waals surface area contributed by atoms with Crippen LogP contribution in [0, 0.1) is 0 Å². The Bertz CT molecular complexity index is 2170. The number of unbranched alkanes of at least 4 members (excludes halogenated alkanes) is 43. The van der Waals surface area contributed by atoms with Crippen LogP contribution in [0.2, 0.25) is 0 Å². The summed E-state index contributed by atoms with van der Waals surface area (Å²) in [6, 6.07) is 0. The maximum atomic E-state index is 13.0. The number of carboxylic acid groups (broad SMARTS) is 1. The van der Waals surface area contributed by atoms with E-state index < -0.39 is 24.3 Å². The predicted octanol–water partition coefficient (Wildman–Crippen LogP) is 28.4. The number of aliphatic carboxylic acids is 1. The lowest BCUT2D eigenvalue weighted by Gasteiger charge is -2.25. The molecule has 9 heteroatoms. The van der Waals surface area contributed by atoms with Crippen molar-refractivity contribution in [1.82, 2.24) is 0 Å². The summed E-state index contributed by atoms with van der Waals surface area (Å²) in [5.74, 6) is -2.05. The molecule has 0 bridgehead atoms. The fourth-order valence-corrected chi connectivity index (χ4v) is 12.4. The Hall–Kier alpha value is -4.57. The molecule has 0 fully saturated rings. The molecule has 0 spiro atoms. The quantitative estimate of drug-likeness (QED) is 0.0211. The van der Waals surface area contributed by atoms with Crippen LogP contribution in [0.5, 0.6) is 0 Å². The van der Waals surface area contributed by atoms with E-state index in [1.54, 1.807) is 0 Å². The Balaban J connectivity index is 4.05. The Labute approximate surface area is 637 Å². The maximum Gasteiger partial charge on any atom is 0.361 e. The van der Waals surface area contributed by atoms with Crippen molar-refractivity contribution in [2.45, 2.75) is 399 Å². The third-order valence-electron chi connectivity index (χ3n) is 18.9. The van der Waals surface area contributed by atoms with Crippen molar-refractivity contribution in [2.75, 3.05) is 47.5 Å². The summed E-state index contributed by atoms with van der Waals surface area (Å²) in [5.41, 5.74) is 0. The molecule has 0 heterocycles. The van der Waals surface area contributed by atoms with E-state index in [1.165, 1.54) is 244 Å². The van der Waals surface area contributed by atoms with Gasteiger partial charge >= 0.3 is 17.9 Å². The lowest BCUT2D eigenvalue weighted by molar-refractivity contribution is -0.870. The van der Waals surface area contributed by atoms with Gasteiger partial charge in [0.2, 0.25) is 0 Å². The molecule has 0 radical (unpaired) electrons. The van der Waals surface area contributed by atoms with Crippen LogP contribution < -0.4 is 0 Å². The number of hydrogen-bond acceptors (Lipinski definition) is 7. The number of carbonyl (C=O) groups excluding carboxylic acids is 2. The first-order valence-corrected chi connectivity index (χ1v) is 43.3. The van der Waals surface area contributed by atoms with Crippen LogP contribution >= 0.6 is 0 Å². The van der Waals surface area contributed by atoms with Gasteiger partial charge in [0.1, 0.15) is 13.2 Å². The molecule has 0 aromatic heterocycles. The molecule has 2 unspecified atom stereocenters. The van der Waals surface area contributed by atoms with Gasteiger partial charge in [-0.3, -0.25) is 9.59 Å². The van der Waals surface area contributed by atoms with E-state index in [2.05, 4.69) is 148 Å². The normalized spacial score (nSPS) is 13.3. The van der Waals surface area contributed by atoms with Gasteiger partial charge in [0.25, 0.3) is 6.29 Å². The SMILES string of the molecule is CC/C=C\C/C=C\C/C=C\C/C=C\C/C=C\C/C=C\C/C=C\C/C=C\C/C=C\C/C=C\C/C=C\CCCCCC(=O)OC(COC(=O)CCCCCCCCCCCCCCCCCCCCCCCCCCCCCCCCCCCCCCCCCCC)COC(OCC[N+](C)(C)C)C(=O)O. The second-order valence-corrected chi connectivity index (χ2v) is 30.1. The van der Waals surface area contributed by atoms with Crippen LogP contribution in [0.1, 0.15) is 386 Å². The summed E-state index contributed by atoms with van der Waals surface area (Å²) in [4.78, 5) is 37.8. The molecular formula is C94H164NO8+. The lowest BCUT2D eigenvalue weighted by atomic mass is 10.0. The highest BCUT2D eigenvalue weighted by Gasteiger charge is 2.25. The van der Waals surface area contributed by atoms with Crippen molar-refractivity contribution in [1.29, 1.82) is 0 Å². The van der Waals surface area contributed by atoms with E-state index in [1.807, 2.05) is 21.1 Å². The van der Waals surface area contributed by atoms with Gasteiger partial charge in [0.15, 0.2) is 6.10 Å². The van der Waals surface area contributed by atoms with E-state index in [0.717, 1.165) is 109 Å². The molecule has 0 aliphatic heterocycles. The molecule has 1 N–H and O–H groups in total. The molecule has 0 aromatic rings. The minimum Gasteiger partial charge on any atom is -0.477 e. The number of likely N-dealkylation sites (N-methyl/N-ethyl adjacent to an activating group) is 1. The highest BCUT2D eigenvalue weighted by Crippen LogP contribution is 2.20. The molecule has 2 atom stereocenters. The number of hydrogen-bond donors (Lipinski definition) is 1. The summed E-state index contributed by atoms with van der Waals surface area (Å²) in [6.45, 7) is 4.76. The summed E-state index contributed by atoms with van der Waals surface area (Å²) in [6.07, 6.45) is 118. The minimum absolute atomic E-state index is 0.176. The second kappa shape index (κ2) is 83.1. The molecule has 0 amide bonds. The predicted molar refractivity (Wildman–Crippen MR) is 447 cm³/mol. The van der Waals surface area contributed by atoms with E-state index in [9.17, 15) is 19.5 Å².